The SMILES string of the molecule is Cc1ccc(Nc2cc(C)nc(NCCNS(=O)(=O)c3ccc(N)cc3)n2)cc1. The fourth-order valence-electron chi connectivity index (χ4n) is 2.59. The van der Waals surface area contributed by atoms with Crippen molar-refractivity contribution in [2.45, 2.75) is 18.7 Å². The summed E-state index contributed by atoms with van der Waals surface area (Å²) in [6.07, 6.45) is 0. The van der Waals surface area contributed by atoms with Crippen LogP contribution in [0.4, 0.5) is 23.1 Å². The van der Waals surface area contributed by atoms with E-state index in [1.165, 1.54) is 17.7 Å². The van der Waals surface area contributed by atoms with Gasteiger partial charge < -0.3 is 16.4 Å². The van der Waals surface area contributed by atoms with Gasteiger partial charge in [0.1, 0.15) is 5.82 Å². The summed E-state index contributed by atoms with van der Waals surface area (Å²) in [5, 5.41) is 6.28. The van der Waals surface area contributed by atoms with Crippen LogP contribution in [0, 0.1) is 13.8 Å². The first kappa shape index (κ1) is 20.6. The molecule has 1 heterocycles. The van der Waals surface area contributed by atoms with Crippen molar-refractivity contribution < 1.29 is 8.42 Å². The van der Waals surface area contributed by atoms with Gasteiger partial charge in [0.15, 0.2) is 0 Å². The Labute approximate surface area is 170 Å². The largest absolute Gasteiger partial charge is 0.399 e. The van der Waals surface area contributed by atoms with Gasteiger partial charge in [0.25, 0.3) is 0 Å². The highest BCUT2D eigenvalue weighted by molar-refractivity contribution is 7.89. The second kappa shape index (κ2) is 8.89. The summed E-state index contributed by atoms with van der Waals surface area (Å²) in [6, 6.07) is 15.9. The van der Waals surface area contributed by atoms with Crippen LogP contribution in [0.1, 0.15) is 11.3 Å². The predicted molar refractivity (Wildman–Crippen MR) is 116 cm³/mol. The zero-order valence-electron chi connectivity index (χ0n) is 16.3. The number of sulfonamides is 1. The molecule has 0 aliphatic heterocycles. The average molecular weight is 413 g/mol. The predicted octanol–water partition coefficient (Wildman–Crippen LogP) is 2.81. The van der Waals surface area contributed by atoms with Crippen molar-refractivity contribution in [2.24, 2.45) is 0 Å². The molecule has 0 saturated carbocycles. The summed E-state index contributed by atoms with van der Waals surface area (Å²) >= 11 is 0. The number of hydrogen-bond donors (Lipinski definition) is 4. The van der Waals surface area contributed by atoms with E-state index in [2.05, 4.69) is 25.3 Å². The van der Waals surface area contributed by atoms with E-state index in [9.17, 15) is 8.42 Å². The number of nitrogen functional groups attached to an aromatic ring is 1. The Morgan fingerprint density at radius 3 is 2.31 bits per heavy atom. The fraction of sp³-hybridized carbons (Fsp3) is 0.200. The van der Waals surface area contributed by atoms with Crippen molar-refractivity contribution in [1.82, 2.24) is 14.7 Å². The van der Waals surface area contributed by atoms with Crippen LogP contribution in [0.15, 0.2) is 59.5 Å². The van der Waals surface area contributed by atoms with Crippen molar-refractivity contribution in [3.8, 4) is 0 Å². The molecule has 0 fully saturated rings. The molecule has 1 aromatic heterocycles. The Kier molecular flexibility index (Phi) is 6.30. The maximum absolute atomic E-state index is 12.3. The standard InChI is InChI=1S/C20H24N6O2S/c1-14-3-7-17(8-4-14)25-19-13-15(2)24-20(26-19)22-11-12-23-29(27,28)18-9-5-16(21)6-10-18/h3-10,13,23H,11-12,21H2,1-2H3,(H2,22,24,25,26). The van der Waals surface area contributed by atoms with Crippen molar-refractivity contribution in [1.29, 1.82) is 0 Å². The lowest BCUT2D eigenvalue weighted by atomic mass is 10.2. The van der Waals surface area contributed by atoms with Gasteiger partial charge in [-0.2, -0.15) is 4.98 Å². The number of aromatic nitrogens is 2. The molecule has 0 aliphatic rings. The molecule has 29 heavy (non-hydrogen) atoms. The third kappa shape index (κ3) is 5.90. The molecule has 0 bridgehead atoms. The molecule has 9 heteroatoms. The number of hydrogen-bond acceptors (Lipinski definition) is 7. The summed E-state index contributed by atoms with van der Waals surface area (Å²) < 4.78 is 27.1. The van der Waals surface area contributed by atoms with E-state index in [0.717, 1.165) is 11.4 Å². The third-order valence-electron chi connectivity index (χ3n) is 4.07. The number of nitrogens with one attached hydrogen (secondary N) is 3. The quantitative estimate of drug-likeness (QED) is 0.331. The second-order valence-electron chi connectivity index (χ2n) is 6.60. The number of benzene rings is 2. The molecule has 152 valence electrons. The molecule has 0 spiro atoms. The van der Waals surface area contributed by atoms with E-state index < -0.39 is 10.0 Å². The third-order valence-corrected chi connectivity index (χ3v) is 5.55. The molecule has 0 atom stereocenters. The highest BCUT2D eigenvalue weighted by Crippen LogP contribution is 2.17. The van der Waals surface area contributed by atoms with Gasteiger partial charge in [-0.3, -0.25) is 0 Å². The first-order chi connectivity index (χ1) is 13.8. The topological polar surface area (TPSA) is 122 Å². The Hall–Kier alpha value is -3.17. The zero-order valence-corrected chi connectivity index (χ0v) is 17.1. The Balaban J connectivity index is 1.57. The lowest BCUT2D eigenvalue weighted by Gasteiger charge is -2.11. The Morgan fingerprint density at radius 2 is 1.62 bits per heavy atom. The van der Waals surface area contributed by atoms with E-state index in [-0.39, 0.29) is 11.4 Å². The van der Waals surface area contributed by atoms with Gasteiger partial charge in [0.05, 0.1) is 4.90 Å². The normalized spacial score (nSPS) is 11.2. The van der Waals surface area contributed by atoms with Gasteiger partial charge in [-0.15, -0.1) is 0 Å². The first-order valence-corrected chi connectivity index (χ1v) is 10.6. The van der Waals surface area contributed by atoms with Crippen LogP contribution in [-0.4, -0.2) is 31.5 Å². The van der Waals surface area contributed by atoms with Crippen LogP contribution in [0.3, 0.4) is 0 Å². The zero-order chi connectivity index (χ0) is 20.9. The van der Waals surface area contributed by atoms with Gasteiger partial charge in [0.2, 0.25) is 16.0 Å². The molecule has 3 rings (SSSR count). The van der Waals surface area contributed by atoms with E-state index in [0.29, 0.717) is 24.0 Å². The van der Waals surface area contributed by atoms with Crippen LogP contribution >= 0.6 is 0 Å². The minimum Gasteiger partial charge on any atom is -0.399 e. The van der Waals surface area contributed by atoms with E-state index in [4.69, 9.17) is 5.73 Å². The van der Waals surface area contributed by atoms with Gasteiger partial charge in [0, 0.05) is 36.2 Å². The van der Waals surface area contributed by atoms with Crippen LogP contribution in [0.5, 0.6) is 0 Å². The van der Waals surface area contributed by atoms with Crippen LogP contribution in [0.2, 0.25) is 0 Å². The Bertz CT molecular complexity index is 1070. The summed E-state index contributed by atoms with van der Waals surface area (Å²) in [5.74, 6) is 1.08. The first-order valence-electron chi connectivity index (χ1n) is 9.10. The summed E-state index contributed by atoms with van der Waals surface area (Å²) in [5.41, 5.74) is 9.00. The van der Waals surface area contributed by atoms with Gasteiger partial charge in [-0.1, -0.05) is 17.7 Å². The van der Waals surface area contributed by atoms with Crippen molar-refractivity contribution >= 4 is 33.2 Å². The minimum absolute atomic E-state index is 0.170. The highest BCUT2D eigenvalue weighted by atomic mass is 32.2. The molecular weight excluding hydrogens is 388 g/mol. The second-order valence-corrected chi connectivity index (χ2v) is 8.37. The number of anilines is 4. The van der Waals surface area contributed by atoms with Crippen molar-refractivity contribution in [2.75, 3.05) is 29.5 Å². The van der Waals surface area contributed by atoms with Crippen LogP contribution in [0.25, 0.3) is 0 Å². The van der Waals surface area contributed by atoms with E-state index >= 15 is 0 Å². The molecular formula is C20H24N6O2S. The molecule has 0 saturated heterocycles. The summed E-state index contributed by atoms with van der Waals surface area (Å²) in [4.78, 5) is 8.94. The smallest absolute Gasteiger partial charge is 0.240 e. The maximum atomic E-state index is 12.3. The van der Waals surface area contributed by atoms with E-state index in [1.807, 2.05) is 44.2 Å². The average Bonchev–Trinajstić information content (AvgIpc) is 2.67. The molecule has 3 aromatic rings. The number of rotatable bonds is 8. The number of nitrogens with two attached hydrogens (primary N) is 1. The van der Waals surface area contributed by atoms with Gasteiger partial charge in [-0.05, 0) is 50.2 Å². The van der Waals surface area contributed by atoms with Crippen molar-refractivity contribution in [3.05, 3.63) is 65.9 Å². The molecule has 0 unspecified atom stereocenters. The fourth-order valence-corrected chi connectivity index (χ4v) is 3.62. The van der Waals surface area contributed by atoms with Gasteiger partial charge >= 0.3 is 0 Å². The lowest BCUT2D eigenvalue weighted by Crippen LogP contribution is -2.29. The van der Waals surface area contributed by atoms with E-state index in [1.54, 1.807) is 12.1 Å². The highest BCUT2D eigenvalue weighted by Gasteiger charge is 2.12. The molecule has 0 amide bonds. The lowest BCUT2D eigenvalue weighted by molar-refractivity contribution is 0.583. The molecule has 2 aromatic carbocycles. The molecule has 8 nitrogen and oxygen atoms in total. The summed E-state index contributed by atoms with van der Waals surface area (Å²) in [7, 11) is -3.59. The molecule has 0 aliphatic carbocycles. The number of aryl methyl sites for hydroxylation is 2. The Morgan fingerprint density at radius 1 is 0.931 bits per heavy atom. The summed E-state index contributed by atoms with van der Waals surface area (Å²) in [6.45, 7) is 4.42. The number of nitrogens with zero attached hydrogens (tertiary/aromatic N) is 2. The maximum Gasteiger partial charge on any atom is 0.240 e. The minimum atomic E-state index is -3.59. The van der Waals surface area contributed by atoms with Crippen LogP contribution in [-0.2, 0) is 10.0 Å². The monoisotopic (exact) mass is 412 g/mol. The molecule has 5 N–H and O–H groups in total. The van der Waals surface area contributed by atoms with Crippen LogP contribution < -0.4 is 21.1 Å². The van der Waals surface area contributed by atoms with Gasteiger partial charge in [-0.25, -0.2) is 18.1 Å². The molecule has 0 radical (unpaired) electrons. The van der Waals surface area contributed by atoms with Crippen molar-refractivity contribution in [3.63, 3.8) is 0 Å².